The summed E-state index contributed by atoms with van der Waals surface area (Å²) >= 11 is 3.44. The van der Waals surface area contributed by atoms with E-state index in [1.54, 1.807) is 19.1 Å². The van der Waals surface area contributed by atoms with Crippen LogP contribution < -0.4 is 0 Å². The van der Waals surface area contributed by atoms with Crippen molar-refractivity contribution in [3.63, 3.8) is 0 Å². The van der Waals surface area contributed by atoms with Gasteiger partial charge in [-0.3, -0.25) is 4.79 Å². The van der Waals surface area contributed by atoms with Crippen molar-refractivity contribution >= 4 is 27.8 Å². The number of ketones is 1. The van der Waals surface area contributed by atoms with Gasteiger partial charge >= 0.3 is 6.09 Å². The van der Waals surface area contributed by atoms with E-state index in [0.717, 1.165) is 28.4 Å². The molecule has 1 N–H and O–H groups in total. The lowest BCUT2D eigenvalue weighted by Crippen LogP contribution is -2.31. The van der Waals surface area contributed by atoms with Gasteiger partial charge in [0.25, 0.3) is 0 Å². The average Bonchev–Trinajstić information content (AvgIpc) is 3.39. The number of carbonyl (C=O) groups excluding carboxylic acids is 1. The average molecular weight is 406 g/mol. The lowest BCUT2D eigenvalue weighted by molar-refractivity contribution is 0.103. The largest absolute Gasteiger partial charge is 0.465 e. The van der Waals surface area contributed by atoms with Gasteiger partial charge in [0, 0.05) is 28.2 Å². The third-order valence-corrected chi connectivity index (χ3v) is 5.15. The lowest BCUT2D eigenvalue weighted by Gasteiger charge is -2.20. The molecule has 0 unspecified atom stereocenters. The monoisotopic (exact) mass is 405 g/mol. The van der Waals surface area contributed by atoms with Gasteiger partial charge in [-0.25, -0.2) is 9.18 Å². The zero-order chi connectivity index (χ0) is 18.1. The predicted octanol–water partition coefficient (Wildman–Crippen LogP) is 4.77. The Hall–Kier alpha value is -2.21. The van der Waals surface area contributed by atoms with Crippen LogP contribution in [0.4, 0.5) is 9.18 Å². The molecule has 0 heterocycles. The number of benzene rings is 2. The topological polar surface area (TPSA) is 57.6 Å². The summed E-state index contributed by atoms with van der Waals surface area (Å²) in [6.45, 7) is 2.03. The predicted molar refractivity (Wildman–Crippen MR) is 95.3 cm³/mol. The van der Waals surface area contributed by atoms with Crippen molar-refractivity contribution in [1.29, 1.82) is 0 Å². The van der Waals surface area contributed by atoms with E-state index in [4.69, 9.17) is 0 Å². The Morgan fingerprint density at radius 1 is 1.28 bits per heavy atom. The van der Waals surface area contributed by atoms with E-state index in [9.17, 15) is 19.1 Å². The van der Waals surface area contributed by atoms with Crippen LogP contribution in [0.25, 0.3) is 0 Å². The first-order valence-corrected chi connectivity index (χ1v) is 8.75. The highest BCUT2D eigenvalue weighted by atomic mass is 79.9. The van der Waals surface area contributed by atoms with Crippen molar-refractivity contribution in [2.24, 2.45) is 0 Å². The summed E-state index contributed by atoms with van der Waals surface area (Å²) in [6, 6.07) is 9.14. The second-order valence-electron chi connectivity index (χ2n) is 6.23. The first kappa shape index (κ1) is 17.6. The SMILES string of the molecule is Cc1c(Br)cc(CN(C(=O)O)C2CC2)cc1C(=O)c1cccc(F)c1. The Labute approximate surface area is 153 Å². The lowest BCUT2D eigenvalue weighted by atomic mass is 9.96. The van der Waals surface area contributed by atoms with E-state index in [2.05, 4.69) is 15.9 Å². The normalized spacial score (nSPS) is 13.6. The fourth-order valence-corrected chi connectivity index (χ4v) is 3.29. The maximum atomic E-state index is 13.4. The number of rotatable bonds is 5. The molecule has 2 aromatic carbocycles. The van der Waals surface area contributed by atoms with Crippen LogP contribution in [-0.4, -0.2) is 27.9 Å². The Kier molecular flexibility index (Phi) is 4.90. The molecule has 1 saturated carbocycles. The van der Waals surface area contributed by atoms with Gasteiger partial charge in [-0.1, -0.05) is 28.1 Å². The first-order chi connectivity index (χ1) is 11.9. The van der Waals surface area contributed by atoms with Crippen molar-refractivity contribution in [2.45, 2.75) is 32.4 Å². The van der Waals surface area contributed by atoms with Gasteiger partial charge in [-0.05, 0) is 55.2 Å². The number of hydrogen-bond acceptors (Lipinski definition) is 2. The van der Waals surface area contributed by atoms with Gasteiger partial charge in [0.1, 0.15) is 5.82 Å². The number of hydrogen-bond donors (Lipinski definition) is 1. The van der Waals surface area contributed by atoms with E-state index in [1.807, 2.05) is 6.07 Å². The summed E-state index contributed by atoms with van der Waals surface area (Å²) in [6.07, 6.45) is 0.778. The van der Waals surface area contributed by atoms with Crippen LogP contribution >= 0.6 is 15.9 Å². The number of amides is 1. The molecule has 0 saturated heterocycles. The number of nitrogens with zero attached hydrogens (tertiary/aromatic N) is 1. The molecule has 0 aromatic heterocycles. The maximum absolute atomic E-state index is 13.4. The van der Waals surface area contributed by atoms with Crippen LogP contribution in [-0.2, 0) is 6.54 Å². The van der Waals surface area contributed by atoms with E-state index in [0.29, 0.717) is 5.56 Å². The van der Waals surface area contributed by atoms with Crippen LogP contribution in [0.1, 0.15) is 39.9 Å². The number of carbonyl (C=O) groups is 2. The van der Waals surface area contributed by atoms with Crippen LogP contribution in [0, 0.1) is 12.7 Å². The van der Waals surface area contributed by atoms with Crippen molar-refractivity contribution in [2.75, 3.05) is 0 Å². The standard InChI is InChI=1S/C19H17BrFNO3/c1-11-16(18(23)13-3-2-4-14(21)9-13)7-12(8-17(11)20)10-22(19(24)25)15-5-6-15/h2-4,7-9,15H,5-6,10H2,1H3,(H,24,25). The molecule has 1 aliphatic carbocycles. The van der Waals surface area contributed by atoms with Crippen molar-refractivity contribution in [3.05, 3.63) is 68.9 Å². The molecule has 0 radical (unpaired) electrons. The van der Waals surface area contributed by atoms with E-state index >= 15 is 0 Å². The summed E-state index contributed by atoms with van der Waals surface area (Å²) in [5.74, 6) is -0.752. The molecule has 3 rings (SSSR count). The highest BCUT2D eigenvalue weighted by molar-refractivity contribution is 9.10. The Morgan fingerprint density at radius 2 is 2.00 bits per heavy atom. The number of halogens is 2. The molecule has 0 bridgehead atoms. The maximum Gasteiger partial charge on any atom is 0.407 e. The van der Waals surface area contributed by atoms with Gasteiger partial charge in [0.05, 0.1) is 0 Å². The summed E-state index contributed by atoms with van der Waals surface area (Å²) in [5, 5.41) is 9.36. The molecular weight excluding hydrogens is 389 g/mol. The fraction of sp³-hybridized carbons (Fsp3) is 0.263. The van der Waals surface area contributed by atoms with Crippen LogP contribution in [0.2, 0.25) is 0 Å². The zero-order valence-corrected chi connectivity index (χ0v) is 15.2. The molecule has 1 amide bonds. The second-order valence-corrected chi connectivity index (χ2v) is 7.09. The smallest absolute Gasteiger partial charge is 0.407 e. The Balaban J connectivity index is 1.95. The summed E-state index contributed by atoms with van der Waals surface area (Å²) in [7, 11) is 0. The minimum Gasteiger partial charge on any atom is -0.465 e. The molecule has 25 heavy (non-hydrogen) atoms. The summed E-state index contributed by atoms with van der Waals surface area (Å²) in [4.78, 5) is 25.6. The zero-order valence-electron chi connectivity index (χ0n) is 13.6. The minimum absolute atomic E-state index is 0.0555. The summed E-state index contributed by atoms with van der Waals surface area (Å²) < 4.78 is 14.2. The van der Waals surface area contributed by atoms with Crippen molar-refractivity contribution < 1.29 is 19.1 Å². The van der Waals surface area contributed by atoms with Crippen molar-refractivity contribution in [1.82, 2.24) is 4.90 Å². The molecule has 4 nitrogen and oxygen atoms in total. The molecule has 0 aliphatic heterocycles. The van der Waals surface area contributed by atoms with Gasteiger partial charge in [-0.15, -0.1) is 0 Å². The molecule has 1 aliphatic rings. The third kappa shape index (κ3) is 3.90. The Bertz CT molecular complexity index is 849. The summed E-state index contributed by atoms with van der Waals surface area (Å²) in [5.41, 5.74) is 2.18. The van der Waals surface area contributed by atoms with Crippen LogP contribution in [0.3, 0.4) is 0 Å². The molecule has 1 fully saturated rings. The first-order valence-electron chi connectivity index (χ1n) is 7.95. The molecule has 6 heteroatoms. The molecule has 0 spiro atoms. The number of carboxylic acid groups (broad SMARTS) is 1. The fourth-order valence-electron chi connectivity index (χ4n) is 2.78. The molecule has 2 aromatic rings. The highest BCUT2D eigenvalue weighted by Crippen LogP contribution is 2.30. The third-order valence-electron chi connectivity index (χ3n) is 4.32. The van der Waals surface area contributed by atoms with Crippen LogP contribution in [0.15, 0.2) is 40.9 Å². The van der Waals surface area contributed by atoms with Crippen molar-refractivity contribution in [3.8, 4) is 0 Å². The van der Waals surface area contributed by atoms with Gasteiger partial charge in [0.2, 0.25) is 0 Å². The van der Waals surface area contributed by atoms with Gasteiger partial charge < -0.3 is 10.0 Å². The van der Waals surface area contributed by atoms with Crippen LogP contribution in [0.5, 0.6) is 0 Å². The quantitative estimate of drug-likeness (QED) is 0.728. The van der Waals surface area contributed by atoms with E-state index in [-0.39, 0.29) is 23.9 Å². The highest BCUT2D eigenvalue weighted by Gasteiger charge is 2.32. The second kappa shape index (κ2) is 6.96. The van der Waals surface area contributed by atoms with Gasteiger partial charge in [-0.2, -0.15) is 0 Å². The Morgan fingerprint density at radius 3 is 2.60 bits per heavy atom. The molecular formula is C19H17BrFNO3. The van der Waals surface area contributed by atoms with E-state index in [1.165, 1.54) is 23.1 Å². The molecule has 0 atom stereocenters. The van der Waals surface area contributed by atoms with Gasteiger partial charge in [0.15, 0.2) is 5.78 Å². The minimum atomic E-state index is -0.961. The molecule has 130 valence electrons. The van der Waals surface area contributed by atoms with E-state index < -0.39 is 11.9 Å².